The summed E-state index contributed by atoms with van der Waals surface area (Å²) in [7, 11) is 0. The Morgan fingerprint density at radius 3 is 2.89 bits per heavy atom. The number of rotatable bonds is 5. The molecule has 3 aromatic rings. The second-order valence-electron chi connectivity index (χ2n) is 5.98. The van der Waals surface area contributed by atoms with Crippen LogP contribution in [0.2, 0.25) is 0 Å². The van der Waals surface area contributed by atoms with Crippen LogP contribution in [0.4, 0.5) is 11.5 Å². The molecule has 1 aliphatic rings. The van der Waals surface area contributed by atoms with E-state index in [9.17, 15) is 4.79 Å². The van der Waals surface area contributed by atoms with Crippen LogP contribution in [0.3, 0.4) is 0 Å². The highest BCUT2D eigenvalue weighted by Gasteiger charge is 2.13. The SMILES string of the molecule is N#Cc1cccc(NC(=O)c2cc(NCc3ccc4c(c3)OCO4)ncn2)c1. The van der Waals surface area contributed by atoms with E-state index >= 15 is 0 Å². The van der Waals surface area contributed by atoms with Crippen molar-refractivity contribution in [1.29, 1.82) is 5.26 Å². The summed E-state index contributed by atoms with van der Waals surface area (Å²) in [6.45, 7) is 0.729. The molecule has 1 amide bonds. The second kappa shape index (κ2) is 7.63. The molecule has 0 bridgehead atoms. The Morgan fingerprint density at radius 1 is 1.11 bits per heavy atom. The number of carbonyl (C=O) groups is 1. The Labute approximate surface area is 160 Å². The monoisotopic (exact) mass is 373 g/mol. The summed E-state index contributed by atoms with van der Waals surface area (Å²) < 4.78 is 10.7. The van der Waals surface area contributed by atoms with Gasteiger partial charge in [0.1, 0.15) is 17.8 Å². The number of amides is 1. The fourth-order valence-corrected chi connectivity index (χ4v) is 2.68. The molecule has 0 fully saturated rings. The van der Waals surface area contributed by atoms with Crippen LogP contribution in [0.1, 0.15) is 21.6 Å². The fourth-order valence-electron chi connectivity index (χ4n) is 2.68. The Morgan fingerprint density at radius 2 is 2.00 bits per heavy atom. The number of nitrogens with one attached hydrogen (secondary N) is 2. The van der Waals surface area contributed by atoms with Gasteiger partial charge in [-0.25, -0.2) is 9.97 Å². The van der Waals surface area contributed by atoms with Gasteiger partial charge in [-0.15, -0.1) is 0 Å². The van der Waals surface area contributed by atoms with Gasteiger partial charge in [-0.2, -0.15) is 5.26 Å². The first kappa shape index (κ1) is 17.3. The molecule has 138 valence electrons. The lowest BCUT2D eigenvalue weighted by molar-refractivity contribution is 0.102. The van der Waals surface area contributed by atoms with E-state index in [1.54, 1.807) is 30.3 Å². The maximum atomic E-state index is 12.4. The van der Waals surface area contributed by atoms with E-state index in [1.807, 2.05) is 24.3 Å². The molecule has 2 aromatic carbocycles. The molecule has 2 heterocycles. The molecule has 0 spiro atoms. The Balaban J connectivity index is 1.42. The maximum Gasteiger partial charge on any atom is 0.274 e. The van der Waals surface area contributed by atoms with Crippen molar-refractivity contribution in [3.63, 3.8) is 0 Å². The van der Waals surface area contributed by atoms with Crippen LogP contribution in [-0.2, 0) is 6.54 Å². The molecule has 1 aromatic heterocycles. The molecule has 0 atom stereocenters. The lowest BCUT2D eigenvalue weighted by Gasteiger charge is -2.08. The number of ether oxygens (including phenoxy) is 2. The number of carbonyl (C=O) groups excluding carboxylic acids is 1. The topological polar surface area (TPSA) is 109 Å². The Hall–Kier alpha value is -4.12. The first-order valence-electron chi connectivity index (χ1n) is 8.47. The number of benzene rings is 2. The van der Waals surface area contributed by atoms with E-state index in [0.717, 1.165) is 11.3 Å². The van der Waals surface area contributed by atoms with Crippen LogP contribution in [0.15, 0.2) is 54.9 Å². The lowest BCUT2D eigenvalue weighted by atomic mass is 10.2. The molecule has 28 heavy (non-hydrogen) atoms. The predicted octanol–water partition coefficient (Wildman–Crippen LogP) is 2.94. The van der Waals surface area contributed by atoms with Gasteiger partial charge in [-0.3, -0.25) is 4.79 Å². The number of nitriles is 1. The Kier molecular flexibility index (Phi) is 4.72. The molecule has 4 rings (SSSR count). The first-order chi connectivity index (χ1) is 13.7. The molecule has 1 aliphatic heterocycles. The van der Waals surface area contributed by atoms with Gasteiger partial charge < -0.3 is 20.1 Å². The van der Waals surface area contributed by atoms with E-state index in [-0.39, 0.29) is 18.4 Å². The number of hydrogen-bond acceptors (Lipinski definition) is 7. The summed E-state index contributed by atoms with van der Waals surface area (Å²) in [4.78, 5) is 20.6. The van der Waals surface area contributed by atoms with Gasteiger partial charge in [0.2, 0.25) is 6.79 Å². The number of aromatic nitrogens is 2. The molecular formula is C20H15N5O3. The van der Waals surface area contributed by atoms with Crippen molar-refractivity contribution in [2.75, 3.05) is 17.4 Å². The number of fused-ring (bicyclic) bond motifs is 1. The van der Waals surface area contributed by atoms with Crippen molar-refractivity contribution < 1.29 is 14.3 Å². The highest BCUT2D eigenvalue weighted by molar-refractivity contribution is 6.03. The summed E-state index contributed by atoms with van der Waals surface area (Å²) in [6.07, 6.45) is 1.32. The fraction of sp³-hybridized carbons (Fsp3) is 0.100. The molecule has 0 aliphatic carbocycles. The molecule has 2 N–H and O–H groups in total. The normalized spacial score (nSPS) is 11.5. The summed E-state index contributed by atoms with van der Waals surface area (Å²) in [5.74, 6) is 1.57. The smallest absolute Gasteiger partial charge is 0.274 e. The number of anilines is 2. The minimum Gasteiger partial charge on any atom is -0.454 e. The quantitative estimate of drug-likeness (QED) is 0.707. The first-order valence-corrected chi connectivity index (χ1v) is 8.47. The summed E-state index contributed by atoms with van der Waals surface area (Å²) in [5, 5.41) is 14.8. The molecule has 0 saturated heterocycles. The van der Waals surface area contributed by atoms with Crippen LogP contribution in [0.5, 0.6) is 11.5 Å². The lowest BCUT2D eigenvalue weighted by Crippen LogP contribution is -2.14. The van der Waals surface area contributed by atoms with Crippen molar-refractivity contribution >= 4 is 17.4 Å². The predicted molar refractivity (Wildman–Crippen MR) is 101 cm³/mol. The molecule has 8 nitrogen and oxygen atoms in total. The zero-order valence-electron chi connectivity index (χ0n) is 14.7. The van der Waals surface area contributed by atoms with Crippen molar-refractivity contribution in [3.8, 4) is 17.6 Å². The second-order valence-corrected chi connectivity index (χ2v) is 5.98. The van der Waals surface area contributed by atoms with E-state index in [0.29, 0.717) is 29.4 Å². The molecule has 8 heteroatoms. The van der Waals surface area contributed by atoms with Gasteiger partial charge in [-0.05, 0) is 35.9 Å². The van der Waals surface area contributed by atoms with E-state index in [1.165, 1.54) is 6.33 Å². The van der Waals surface area contributed by atoms with Gasteiger partial charge in [0.15, 0.2) is 11.5 Å². The number of nitrogens with zero attached hydrogens (tertiary/aromatic N) is 3. The maximum absolute atomic E-state index is 12.4. The number of hydrogen-bond donors (Lipinski definition) is 2. The molecule has 0 unspecified atom stereocenters. The third kappa shape index (κ3) is 3.83. The standard InChI is InChI=1S/C20H15N5O3/c21-9-13-2-1-3-15(6-13)25-20(26)16-8-19(24-11-23-16)22-10-14-4-5-17-18(7-14)28-12-27-17/h1-8,11H,10,12H2,(H,25,26)(H,22,23,24). The summed E-state index contributed by atoms with van der Waals surface area (Å²) >= 11 is 0. The van der Waals surface area contributed by atoms with Crippen molar-refractivity contribution in [2.24, 2.45) is 0 Å². The van der Waals surface area contributed by atoms with Crippen LogP contribution in [0.25, 0.3) is 0 Å². The zero-order valence-corrected chi connectivity index (χ0v) is 14.7. The third-order valence-corrected chi connectivity index (χ3v) is 4.06. The average Bonchev–Trinajstić information content (AvgIpc) is 3.20. The van der Waals surface area contributed by atoms with Crippen LogP contribution < -0.4 is 20.1 Å². The summed E-state index contributed by atoms with van der Waals surface area (Å²) in [6, 6.07) is 15.9. The summed E-state index contributed by atoms with van der Waals surface area (Å²) in [5.41, 5.74) is 2.19. The van der Waals surface area contributed by atoms with Crippen LogP contribution >= 0.6 is 0 Å². The van der Waals surface area contributed by atoms with Crippen LogP contribution in [-0.4, -0.2) is 22.7 Å². The largest absolute Gasteiger partial charge is 0.454 e. The highest BCUT2D eigenvalue weighted by Crippen LogP contribution is 2.32. The van der Waals surface area contributed by atoms with Crippen molar-refractivity contribution in [1.82, 2.24) is 9.97 Å². The van der Waals surface area contributed by atoms with Crippen molar-refractivity contribution in [3.05, 3.63) is 71.7 Å². The van der Waals surface area contributed by atoms with Gasteiger partial charge in [0, 0.05) is 18.3 Å². The Bertz CT molecular complexity index is 1080. The van der Waals surface area contributed by atoms with Gasteiger partial charge in [-0.1, -0.05) is 12.1 Å². The van der Waals surface area contributed by atoms with E-state index < -0.39 is 0 Å². The van der Waals surface area contributed by atoms with Crippen LogP contribution in [0, 0.1) is 11.3 Å². The van der Waals surface area contributed by atoms with Gasteiger partial charge in [0.25, 0.3) is 5.91 Å². The minimum atomic E-state index is -0.386. The zero-order chi connectivity index (χ0) is 19.3. The molecule has 0 saturated carbocycles. The average molecular weight is 373 g/mol. The molecular weight excluding hydrogens is 358 g/mol. The van der Waals surface area contributed by atoms with E-state index in [2.05, 4.69) is 20.6 Å². The van der Waals surface area contributed by atoms with Crippen molar-refractivity contribution in [2.45, 2.75) is 6.54 Å². The third-order valence-electron chi connectivity index (χ3n) is 4.06. The van der Waals surface area contributed by atoms with Gasteiger partial charge >= 0.3 is 0 Å². The highest BCUT2D eigenvalue weighted by atomic mass is 16.7. The molecule has 0 radical (unpaired) electrons. The minimum absolute atomic E-state index is 0.213. The van der Waals surface area contributed by atoms with Gasteiger partial charge in [0.05, 0.1) is 11.6 Å². The van der Waals surface area contributed by atoms with E-state index in [4.69, 9.17) is 14.7 Å².